The summed E-state index contributed by atoms with van der Waals surface area (Å²) < 4.78 is 43.3. The minimum Gasteiger partial charge on any atom is -0.269 e. The van der Waals surface area contributed by atoms with Gasteiger partial charge in [0.05, 0.1) is 23.3 Å². The lowest BCUT2D eigenvalue weighted by molar-refractivity contribution is -0.138. The SMILES string of the molecule is Cc1c(Cn2c(=O)ccn(-c3ccc4c(c3)nnn4C)c2=O)cccc1C(F)(F)F. The predicted molar refractivity (Wildman–Crippen MR) is 104 cm³/mol. The number of rotatable bonds is 3. The zero-order valence-corrected chi connectivity index (χ0v) is 16.0. The van der Waals surface area contributed by atoms with Crippen molar-refractivity contribution in [2.24, 2.45) is 7.05 Å². The summed E-state index contributed by atoms with van der Waals surface area (Å²) in [5.74, 6) is 0. The van der Waals surface area contributed by atoms with E-state index in [1.807, 2.05) is 0 Å². The Bertz CT molecular complexity index is 1380. The molecule has 0 aliphatic rings. The maximum atomic E-state index is 13.2. The predicted octanol–water partition coefficient (Wildman–Crippen LogP) is 2.66. The highest BCUT2D eigenvalue weighted by molar-refractivity contribution is 5.76. The molecule has 0 saturated carbocycles. The molecule has 0 radical (unpaired) electrons. The fourth-order valence-electron chi connectivity index (χ4n) is 3.37. The molecule has 154 valence electrons. The van der Waals surface area contributed by atoms with E-state index < -0.39 is 23.0 Å². The van der Waals surface area contributed by atoms with Crippen LogP contribution in [0.5, 0.6) is 0 Å². The first-order valence-corrected chi connectivity index (χ1v) is 8.95. The van der Waals surface area contributed by atoms with Crippen LogP contribution < -0.4 is 11.2 Å². The van der Waals surface area contributed by atoms with Crippen LogP contribution in [-0.2, 0) is 19.8 Å². The lowest BCUT2D eigenvalue weighted by atomic mass is 10.0. The van der Waals surface area contributed by atoms with Crippen LogP contribution in [0, 0.1) is 6.92 Å². The molecule has 2 aromatic heterocycles. The molecule has 10 heteroatoms. The van der Waals surface area contributed by atoms with Crippen LogP contribution in [0.2, 0.25) is 0 Å². The van der Waals surface area contributed by atoms with Crippen molar-refractivity contribution in [2.75, 3.05) is 0 Å². The van der Waals surface area contributed by atoms with Crippen molar-refractivity contribution in [1.82, 2.24) is 24.1 Å². The fourth-order valence-corrected chi connectivity index (χ4v) is 3.37. The summed E-state index contributed by atoms with van der Waals surface area (Å²) in [4.78, 5) is 25.3. The topological polar surface area (TPSA) is 74.7 Å². The van der Waals surface area contributed by atoms with E-state index in [-0.39, 0.29) is 17.7 Å². The van der Waals surface area contributed by atoms with Gasteiger partial charge in [-0.2, -0.15) is 13.2 Å². The third kappa shape index (κ3) is 3.30. The van der Waals surface area contributed by atoms with Gasteiger partial charge >= 0.3 is 11.9 Å². The van der Waals surface area contributed by atoms with Crippen LogP contribution >= 0.6 is 0 Å². The standard InChI is InChI=1S/C20H16F3N5O2/c1-12-13(4-3-5-15(12)20(21,22)23)11-28-18(29)8-9-27(19(28)30)14-6-7-17-16(10-14)24-25-26(17)2/h3-10H,11H2,1-2H3. The largest absolute Gasteiger partial charge is 0.416 e. The van der Waals surface area contributed by atoms with Crippen molar-refractivity contribution < 1.29 is 13.2 Å². The fraction of sp³-hybridized carbons (Fsp3) is 0.200. The number of alkyl halides is 3. The molecule has 0 bridgehead atoms. The van der Waals surface area contributed by atoms with Gasteiger partial charge in [0.15, 0.2) is 0 Å². The Labute approximate surface area is 167 Å². The van der Waals surface area contributed by atoms with Crippen molar-refractivity contribution in [1.29, 1.82) is 0 Å². The van der Waals surface area contributed by atoms with Gasteiger partial charge < -0.3 is 0 Å². The Hall–Kier alpha value is -3.69. The molecule has 0 spiro atoms. The number of nitrogens with zero attached hydrogens (tertiary/aromatic N) is 5. The van der Waals surface area contributed by atoms with E-state index in [4.69, 9.17) is 0 Å². The summed E-state index contributed by atoms with van der Waals surface area (Å²) in [6.45, 7) is 1.05. The van der Waals surface area contributed by atoms with Crippen molar-refractivity contribution in [3.05, 3.63) is 86.2 Å². The number of halogens is 3. The Kier molecular flexibility index (Phi) is 4.56. The number of aryl methyl sites for hydroxylation is 1. The van der Waals surface area contributed by atoms with Crippen LogP contribution in [-0.4, -0.2) is 24.1 Å². The Morgan fingerprint density at radius 1 is 1.07 bits per heavy atom. The molecule has 0 N–H and O–H groups in total. The second kappa shape index (κ2) is 6.97. The minimum absolute atomic E-state index is 0.0207. The van der Waals surface area contributed by atoms with Gasteiger partial charge in [-0.1, -0.05) is 17.3 Å². The van der Waals surface area contributed by atoms with E-state index in [1.165, 1.54) is 35.9 Å². The molecule has 7 nitrogen and oxygen atoms in total. The smallest absolute Gasteiger partial charge is 0.269 e. The zero-order chi connectivity index (χ0) is 21.6. The van der Waals surface area contributed by atoms with Gasteiger partial charge in [-0.25, -0.2) is 9.48 Å². The van der Waals surface area contributed by atoms with E-state index in [9.17, 15) is 22.8 Å². The Morgan fingerprint density at radius 2 is 1.83 bits per heavy atom. The van der Waals surface area contributed by atoms with Gasteiger partial charge in [0.2, 0.25) is 0 Å². The van der Waals surface area contributed by atoms with Crippen LogP contribution in [0.15, 0.2) is 58.3 Å². The summed E-state index contributed by atoms with van der Waals surface area (Å²) >= 11 is 0. The number of benzene rings is 2. The molecule has 2 heterocycles. The molecule has 4 aromatic rings. The average Bonchev–Trinajstić information content (AvgIpc) is 3.05. The molecule has 0 saturated heterocycles. The van der Waals surface area contributed by atoms with E-state index in [0.717, 1.165) is 16.2 Å². The van der Waals surface area contributed by atoms with Crippen molar-refractivity contribution in [3.63, 3.8) is 0 Å². The van der Waals surface area contributed by atoms with Gasteiger partial charge in [0, 0.05) is 19.3 Å². The van der Waals surface area contributed by atoms with Crippen LogP contribution in [0.3, 0.4) is 0 Å². The van der Waals surface area contributed by atoms with E-state index in [1.54, 1.807) is 29.9 Å². The molecule has 2 aromatic carbocycles. The number of fused-ring (bicyclic) bond motifs is 1. The molecular formula is C20H16F3N5O2. The summed E-state index contributed by atoms with van der Waals surface area (Å²) in [7, 11) is 1.73. The van der Waals surface area contributed by atoms with Gasteiger partial charge in [-0.15, -0.1) is 5.10 Å². The molecule has 30 heavy (non-hydrogen) atoms. The summed E-state index contributed by atoms with van der Waals surface area (Å²) in [5, 5.41) is 7.92. The number of hydrogen-bond acceptors (Lipinski definition) is 4. The lowest BCUT2D eigenvalue weighted by Crippen LogP contribution is -2.38. The van der Waals surface area contributed by atoms with Crippen LogP contribution in [0.25, 0.3) is 16.7 Å². The summed E-state index contributed by atoms with van der Waals surface area (Å²) in [6.07, 6.45) is -3.19. The molecule has 0 fully saturated rings. The van der Waals surface area contributed by atoms with Gasteiger partial charge in [-0.05, 0) is 42.3 Å². The van der Waals surface area contributed by atoms with Gasteiger partial charge in [-0.3, -0.25) is 13.9 Å². The highest BCUT2D eigenvalue weighted by Gasteiger charge is 2.32. The molecule has 0 aliphatic heterocycles. The Balaban J connectivity index is 1.81. The molecule has 0 amide bonds. The third-order valence-corrected chi connectivity index (χ3v) is 5.02. The van der Waals surface area contributed by atoms with Crippen molar-refractivity contribution >= 4 is 11.0 Å². The highest BCUT2D eigenvalue weighted by atomic mass is 19.4. The van der Waals surface area contributed by atoms with E-state index in [0.29, 0.717) is 11.2 Å². The molecule has 0 aliphatic carbocycles. The van der Waals surface area contributed by atoms with Gasteiger partial charge in [0.25, 0.3) is 5.56 Å². The van der Waals surface area contributed by atoms with Crippen LogP contribution in [0.1, 0.15) is 16.7 Å². The first-order valence-electron chi connectivity index (χ1n) is 8.95. The zero-order valence-electron chi connectivity index (χ0n) is 16.0. The lowest BCUT2D eigenvalue weighted by Gasteiger charge is -2.15. The molecular weight excluding hydrogens is 399 g/mol. The van der Waals surface area contributed by atoms with E-state index >= 15 is 0 Å². The summed E-state index contributed by atoms with van der Waals surface area (Å²) in [5.41, 5.74) is -0.0527. The average molecular weight is 415 g/mol. The third-order valence-electron chi connectivity index (χ3n) is 5.02. The first-order chi connectivity index (χ1) is 14.2. The summed E-state index contributed by atoms with van der Waals surface area (Å²) in [6, 6.07) is 9.97. The van der Waals surface area contributed by atoms with E-state index in [2.05, 4.69) is 10.3 Å². The quantitative estimate of drug-likeness (QED) is 0.516. The second-order valence-electron chi connectivity index (χ2n) is 6.87. The van der Waals surface area contributed by atoms with Crippen molar-refractivity contribution in [3.8, 4) is 5.69 Å². The molecule has 0 atom stereocenters. The first kappa shape index (κ1) is 19.6. The Morgan fingerprint density at radius 3 is 2.57 bits per heavy atom. The highest BCUT2D eigenvalue weighted by Crippen LogP contribution is 2.33. The van der Waals surface area contributed by atoms with Gasteiger partial charge in [0.1, 0.15) is 5.52 Å². The molecule has 4 rings (SSSR count). The maximum absolute atomic E-state index is 13.2. The minimum atomic E-state index is -4.52. The number of hydrogen-bond donors (Lipinski definition) is 0. The maximum Gasteiger partial charge on any atom is 0.416 e. The monoisotopic (exact) mass is 415 g/mol. The second-order valence-corrected chi connectivity index (χ2v) is 6.87. The number of aromatic nitrogens is 5. The van der Waals surface area contributed by atoms with Crippen molar-refractivity contribution in [2.45, 2.75) is 19.6 Å². The van der Waals surface area contributed by atoms with Crippen LogP contribution in [0.4, 0.5) is 13.2 Å². The molecule has 0 unspecified atom stereocenters. The normalized spacial score (nSPS) is 11.9.